The summed E-state index contributed by atoms with van der Waals surface area (Å²) >= 11 is 0. The maximum atomic E-state index is 12.3. The van der Waals surface area contributed by atoms with Crippen molar-refractivity contribution in [2.75, 3.05) is 46.7 Å². The molecule has 8 heteroatoms. The van der Waals surface area contributed by atoms with E-state index in [0.717, 1.165) is 5.56 Å². The van der Waals surface area contributed by atoms with Gasteiger partial charge in [0.05, 0.1) is 20.5 Å². The van der Waals surface area contributed by atoms with Crippen LogP contribution in [0, 0.1) is 0 Å². The van der Waals surface area contributed by atoms with Crippen molar-refractivity contribution >= 4 is 22.0 Å². The van der Waals surface area contributed by atoms with Gasteiger partial charge in [-0.2, -0.15) is 4.31 Å². The van der Waals surface area contributed by atoms with Crippen molar-refractivity contribution in [3.63, 3.8) is 0 Å². The van der Waals surface area contributed by atoms with Gasteiger partial charge in [0.15, 0.2) is 0 Å². The molecule has 24 heavy (non-hydrogen) atoms. The summed E-state index contributed by atoms with van der Waals surface area (Å²) in [6, 6.07) is 5.33. The number of amides is 1. The minimum Gasteiger partial charge on any atom is -0.497 e. The van der Waals surface area contributed by atoms with Crippen LogP contribution < -0.4 is 9.47 Å². The van der Waals surface area contributed by atoms with Crippen LogP contribution in [0.5, 0.6) is 11.5 Å². The van der Waals surface area contributed by atoms with Crippen molar-refractivity contribution in [3.8, 4) is 11.5 Å². The van der Waals surface area contributed by atoms with Crippen LogP contribution in [0.25, 0.3) is 6.08 Å². The van der Waals surface area contributed by atoms with E-state index in [1.807, 2.05) is 0 Å². The summed E-state index contributed by atoms with van der Waals surface area (Å²) in [6.45, 7) is 1.40. The maximum absolute atomic E-state index is 12.3. The van der Waals surface area contributed by atoms with E-state index in [-0.39, 0.29) is 5.91 Å². The lowest BCUT2D eigenvalue weighted by atomic mass is 10.1. The molecule has 1 aliphatic heterocycles. The standard InChI is InChI=1S/C16H22N2O5S/c1-22-14-5-6-15(23-2)13(12-14)4-7-16(19)17-8-10-18(11-9-17)24(3,20)21/h4-7,12H,8-11H2,1-3H3/b7-4+. The number of carbonyl (C=O) groups excluding carboxylic acids is 1. The van der Waals surface area contributed by atoms with Crippen LogP contribution in [0.2, 0.25) is 0 Å². The molecule has 0 N–H and O–H groups in total. The fraction of sp³-hybridized carbons (Fsp3) is 0.438. The van der Waals surface area contributed by atoms with Crippen molar-refractivity contribution in [1.82, 2.24) is 9.21 Å². The second-order valence-electron chi connectivity index (χ2n) is 5.43. The molecule has 0 unspecified atom stereocenters. The predicted octanol–water partition coefficient (Wildman–Crippen LogP) is 0.821. The van der Waals surface area contributed by atoms with Crippen molar-refractivity contribution in [3.05, 3.63) is 29.8 Å². The van der Waals surface area contributed by atoms with Crippen LogP contribution in [-0.4, -0.2) is 70.2 Å². The summed E-state index contributed by atoms with van der Waals surface area (Å²) in [7, 11) is -0.0680. The monoisotopic (exact) mass is 354 g/mol. The molecular weight excluding hydrogens is 332 g/mol. The topological polar surface area (TPSA) is 76.2 Å². The third-order valence-corrected chi connectivity index (χ3v) is 5.16. The molecule has 0 atom stereocenters. The summed E-state index contributed by atoms with van der Waals surface area (Å²) in [4.78, 5) is 13.9. The Morgan fingerprint density at radius 2 is 1.79 bits per heavy atom. The molecule has 0 aliphatic carbocycles. The minimum absolute atomic E-state index is 0.159. The van der Waals surface area contributed by atoms with E-state index in [1.165, 1.54) is 16.6 Å². The minimum atomic E-state index is -3.20. The third kappa shape index (κ3) is 4.48. The number of ether oxygens (including phenoxy) is 2. The lowest BCUT2D eigenvalue weighted by Gasteiger charge is -2.32. The number of methoxy groups -OCH3 is 2. The first-order chi connectivity index (χ1) is 11.3. The lowest BCUT2D eigenvalue weighted by molar-refractivity contribution is -0.127. The van der Waals surface area contributed by atoms with Crippen LogP contribution in [0.4, 0.5) is 0 Å². The Hall–Kier alpha value is -2.06. The molecule has 0 aromatic heterocycles. The molecule has 0 radical (unpaired) electrons. The first kappa shape index (κ1) is 18.3. The lowest BCUT2D eigenvalue weighted by Crippen LogP contribution is -2.49. The number of sulfonamides is 1. The number of hydrogen-bond donors (Lipinski definition) is 0. The fourth-order valence-electron chi connectivity index (χ4n) is 2.48. The molecule has 7 nitrogen and oxygen atoms in total. The molecular formula is C16H22N2O5S. The summed E-state index contributed by atoms with van der Waals surface area (Å²) in [5.41, 5.74) is 0.736. The van der Waals surface area contributed by atoms with Crippen LogP contribution in [0.3, 0.4) is 0 Å². The van der Waals surface area contributed by atoms with E-state index in [0.29, 0.717) is 37.7 Å². The van der Waals surface area contributed by atoms with Gasteiger partial charge in [-0.1, -0.05) is 0 Å². The Morgan fingerprint density at radius 1 is 1.12 bits per heavy atom. The van der Waals surface area contributed by atoms with E-state index in [2.05, 4.69) is 0 Å². The van der Waals surface area contributed by atoms with E-state index < -0.39 is 10.0 Å². The first-order valence-corrected chi connectivity index (χ1v) is 9.34. The molecule has 1 aliphatic rings. The summed E-state index contributed by atoms with van der Waals surface area (Å²) in [6.07, 6.45) is 4.32. The highest BCUT2D eigenvalue weighted by molar-refractivity contribution is 7.88. The molecule has 1 saturated heterocycles. The second-order valence-corrected chi connectivity index (χ2v) is 7.41. The highest BCUT2D eigenvalue weighted by Gasteiger charge is 2.24. The molecule has 1 aromatic rings. The highest BCUT2D eigenvalue weighted by atomic mass is 32.2. The molecule has 132 valence electrons. The Bertz CT molecular complexity index is 722. The van der Waals surface area contributed by atoms with Gasteiger partial charge >= 0.3 is 0 Å². The largest absolute Gasteiger partial charge is 0.497 e. The van der Waals surface area contributed by atoms with Gasteiger partial charge in [-0.15, -0.1) is 0 Å². The molecule has 2 rings (SSSR count). The van der Waals surface area contributed by atoms with Crippen LogP contribution in [-0.2, 0) is 14.8 Å². The summed E-state index contributed by atoms with van der Waals surface area (Å²) in [5, 5.41) is 0. The average molecular weight is 354 g/mol. The SMILES string of the molecule is COc1ccc(OC)c(/C=C/C(=O)N2CCN(S(C)(=O)=O)CC2)c1. The van der Waals surface area contributed by atoms with Crippen LogP contribution in [0.1, 0.15) is 5.56 Å². The molecule has 1 fully saturated rings. The van der Waals surface area contributed by atoms with Gasteiger partial charge in [0, 0.05) is 37.8 Å². The molecule has 1 aromatic carbocycles. The van der Waals surface area contributed by atoms with Gasteiger partial charge < -0.3 is 14.4 Å². The molecule has 1 amide bonds. The highest BCUT2D eigenvalue weighted by Crippen LogP contribution is 2.25. The quantitative estimate of drug-likeness (QED) is 0.732. The Balaban J connectivity index is 2.04. The first-order valence-electron chi connectivity index (χ1n) is 7.49. The second kappa shape index (κ2) is 7.67. The number of carbonyl (C=O) groups is 1. The fourth-order valence-corrected chi connectivity index (χ4v) is 3.30. The third-order valence-electron chi connectivity index (χ3n) is 3.86. The number of piperazine rings is 1. The zero-order valence-corrected chi connectivity index (χ0v) is 14.9. The van der Waals surface area contributed by atoms with Crippen LogP contribution in [0.15, 0.2) is 24.3 Å². The maximum Gasteiger partial charge on any atom is 0.246 e. The summed E-state index contributed by atoms with van der Waals surface area (Å²) in [5.74, 6) is 1.15. The van der Waals surface area contributed by atoms with Crippen molar-refractivity contribution in [1.29, 1.82) is 0 Å². The van der Waals surface area contributed by atoms with E-state index in [9.17, 15) is 13.2 Å². The average Bonchev–Trinajstić information content (AvgIpc) is 2.58. The Morgan fingerprint density at radius 3 is 2.33 bits per heavy atom. The van der Waals surface area contributed by atoms with Gasteiger partial charge in [-0.3, -0.25) is 4.79 Å². The van der Waals surface area contributed by atoms with Gasteiger partial charge in [-0.25, -0.2) is 8.42 Å². The van der Waals surface area contributed by atoms with E-state index in [4.69, 9.17) is 9.47 Å². The zero-order valence-electron chi connectivity index (χ0n) is 14.1. The number of rotatable bonds is 5. The number of hydrogen-bond acceptors (Lipinski definition) is 5. The van der Waals surface area contributed by atoms with Crippen LogP contribution >= 0.6 is 0 Å². The normalized spacial score (nSPS) is 16.4. The Kier molecular flexibility index (Phi) is 5.84. The number of benzene rings is 1. The zero-order chi connectivity index (χ0) is 17.7. The van der Waals surface area contributed by atoms with Gasteiger partial charge in [-0.05, 0) is 24.3 Å². The molecule has 0 spiro atoms. The molecule has 0 saturated carbocycles. The number of nitrogens with zero attached hydrogens (tertiary/aromatic N) is 2. The van der Waals surface area contributed by atoms with Crippen molar-refractivity contribution < 1.29 is 22.7 Å². The van der Waals surface area contributed by atoms with Crippen molar-refractivity contribution in [2.45, 2.75) is 0 Å². The molecule has 1 heterocycles. The van der Waals surface area contributed by atoms with Gasteiger partial charge in [0.25, 0.3) is 0 Å². The Labute approximate surface area is 142 Å². The van der Waals surface area contributed by atoms with Gasteiger partial charge in [0.2, 0.25) is 15.9 Å². The predicted molar refractivity (Wildman–Crippen MR) is 91.6 cm³/mol. The van der Waals surface area contributed by atoms with E-state index >= 15 is 0 Å². The van der Waals surface area contributed by atoms with Gasteiger partial charge in [0.1, 0.15) is 11.5 Å². The van der Waals surface area contributed by atoms with E-state index in [1.54, 1.807) is 43.4 Å². The van der Waals surface area contributed by atoms with Crippen molar-refractivity contribution in [2.24, 2.45) is 0 Å². The smallest absolute Gasteiger partial charge is 0.246 e. The summed E-state index contributed by atoms with van der Waals surface area (Å²) < 4.78 is 34.8. The molecule has 0 bridgehead atoms.